The maximum atomic E-state index is 12.4. The Balaban J connectivity index is 1.77. The Bertz CT molecular complexity index is 457. The number of carbonyl (C=O) groups excluding carboxylic acids is 1. The number of anilines is 1. The molecule has 116 valence electrons. The number of nitrogens with zero attached hydrogens (tertiary/aromatic N) is 1. The lowest BCUT2D eigenvalue weighted by atomic mass is 10.1. The van der Waals surface area contributed by atoms with Crippen molar-refractivity contribution in [3.63, 3.8) is 0 Å². The van der Waals surface area contributed by atoms with Gasteiger partial charge >= 0.3 is 0 Å². The minimum Gasteiger partial charge on any atom is -0.399 e. The van der Waals surface area contributed by atoms with Crippen molar-refractivity contribution in [2.24, 2.45) is 0 Å². The Hall–Kier alpha value is -1.59. The Morgan fingerprint density at radius 1 is 1.33 bits per heavy atom. The Kier molecular flexibility index (Phi) is 6.02. The Morgan fingerprint density at radius 3 is 2.76 bits per heavy atom. The molecule has 0 unspecified atom stereocenters. The molecule has 0 atom stereocenters. The van der Waals surface area contributed by atoms with Crippen molar-refractivity contribution in [3.05, 3.63) is 29.8 Å². The van der Waals surface area contributed by atoms with Crippen molar-refractivity contribution in [3.8, 4) is 0 Å². The topological polar surface area (TPSA) is 64.8 Å². The minimum absolute atomic E-state index is 0.0557. The summed E-state index contributed by atoms with van der Waals surface area (Å²) in [5, 5.41) is 0. The largest absolute Gasteiger partial charge is 0.399 e. The van der Waals surface area contributed by atoms with Gasteiger partial charge in [-0.15, -0.1) is 0 Å². The van der Waals surface area contributed by atoms with E-state index in [2.05, 4.69) is 0 Å². The van der Waals surface area contributed by atoms with Gasteiger partial charge in [0.15, 0.2) is 0 Å². The molecule has 1 heterocycles. The molecule has 0 radical (unpaired) electrons. The molecule has 2 rings (SSSR count). The lowest BCUT2D eigenvalue weighted by Crippen LogP contribution is -2.41. The van der Waals surface area contributed by atoms with Crippen LogP contribution in [-0.2, 0) is 9.47 Å². The van der Waals surface area contributed by atoms with Crippen LogP contribution in [-0.4, -0.2) is 50.3 Å². The molecule has 0 saturated carbocycles. The van der Waals surface area contributed by atoms with Crippen LogP contribution in [0, 0.1) is 0 Å². The maximum Gasteiger partial charge on any atom is 0.253 e. The molecular weight excluding hydrogens is 268 g/mol. The molecule has 5 heteroatoms. The molecule has 1 aliphatic rings. The molecule has 0 bridgehead atoms. The first-order valence-corrected chi connectivity index (χ1v) is 7.46. The van der Waals surface area contributed by atoms with Gasteiger partial charge in [-0.2, -0.15) is 0 Å². The first kappa shape index (κ1) is 15.8. The van der Waals surface area contributed by atoms with E-state index in [9.17, 15) is 4.79 Å². The van der Waals surface area contributed by atoms with E-state index < -0.39 is 0 Å². The Labute approximate surface area is 126 Å². The van der Waals surface area contributed by atoms with Crippen LogP contribution in [0.2, 0.25) is 0 Å². The van der Waals surface area contributed by atoms with E-state index in [4.69, 9.17) is 15.2 Å². The van der Waals surface area contributed by atoms with Crippen LogP contribution in [0.25, 0.3) is 0 Å². The molecule has 1 aromatic rings. The molecule has 0 aromatic heterocycles. The van der Waals surface area contributed by atoms with E-state index >= 15 is 0 Å². The zero-order chi connectivity index (χ0) is 15.1. The third-order valence-electron chi connectivity index (χ3n) is 3.71. The summed E-state index contributed by atoms with van der Waals surface area (Å²) in [7, 11) is 1.69. The smallest absolute Gasteiger partial charge is 0.253 e. The summed E-state index contributed by atoms with van der Waals surface area (Å²) in [6.45, 7) is 2.93. The molecular formula is C16H24N2O3. The average Bonchev–Trinajstić information content (AvgIpc) is 2.51. The highest BCUT2D eigenvalue weighted by molar-refractivity contribution is 5.95. The van der Waals surface area contributed by atoms with Gasteiger partial charge in [-0.1, -0.05) is 6.07 Å². The molecule has 1 aliphatic heterocycles. The van der Waals surface area contributed by atoms with Crippen molar-refractivity contribution in [2.45, 2.75) is 25.4 Å². The number of piperidine rings is 1. The molecule has 1 amide bonds. The van der Waals surface area contributed by atoms with Gasteiger partial charge < -0.3 is 20.1 Å². The summed E-state index contributed by atoms with van der Waals surface area (Å²) in [4.78, 5) is 14.2. The highest BCUT2D eigenvalue weighted by atomic mass is 16.5. The van der Waals surface area contributed by atoms with Crippen molar-refractivity contribution in [1.82, 2.24) is 4.90 Å². The molecule has 1 saturated heterocycles. The van der Waals surface area contributed by atoms with Gasteiger partial charge in [-0.05, 0) is 37.5 Å². The zero-order valence-corrected chi connectivity index (χ0v) is 12.6. The van der Waals surface area contributed by atoms with Crippen molar-refractivity contribution in [2.75, 3.05) is 39.1 Å². The van der Waals surface area contributed by atoms with Crippen molar-refractivity contribution >= 4 is 11.6 Å². The SMILES string of the molecule is COCCCOC1CCN(C(=O)c2cccc(N)c2)CC1. The van der Waals surface area contributed by atoms with E-state index in [0.29, 0.717) is 11.3 Å². The second-order valence-electron chi connectivity index (χ2n) is 5.33. The number of hydrogen-bond donors (Lipinski definition) is 1. The second-order valence-corrected chi connectivity index (χ2v) is 5.33. The van der Waals surface area contributed by atoms with Crippen LogP contribution in [0.4, 0.5) is 5.69 Å². The number of carbonyl (C=O) groups is 1. The normalized spacial score (nSPS) is 16.1. The van der Waals surface area contributed by atoms with Crippen LogP contribution in [0.5, 0.6) is 0 Å². The van der Waals surface area contributed by atoms with Crippen molar-refractivity contribution in [1.29, 1.82) is 0 Å². The predicted molar refractivity (Wildman–Crippen MR) is 82.2 cm³/mol. The number of rotatable bonds is 6. The number of hydrogen-bond acceptors (Lipinski definition) is 4. The summed E-state index contributed by atoms with van der Waals surface area (Å²) in [5.74, 6) is 0.0557. The van der Waals surface area contributed by atoms with Gasteiger partial charge in [0.1, 0.15) is 0 Å². The number of methoxy groups -OCH3 is 1. The lowest BCUT2D eigenvalue weighted by molar-refractivity contribution is 0.00189. The fourth-order valence-electron chi connectivity index (χ4n) is 2.53. The minimum atomic E-state index is 0.0557. The van der Waals surface area contributed by atoms with Gasteiger partial charge in [-0.3, -0.25) is 4.79 Å². The number of nitrogen functional groups attached to an aromatic ring is 1. The van der Waals surface area contributed by atoms with Crippen LogP contribution >= 0.6 is 0 Å². The van der Waals surface area contributed by atoms with Gasteiger partial charge in [0, 0.05) is 44.7 Å². The summed E-state index contributed by atoms with van der Waals surface area (Å²) >= 11 is 0. The highest BCUT2D eigenvalue weighted by Gasteiger charge is 2.23. The van der Waals surface area contributed by atoms with E-state index in [1.807, 2.05) is 17.0 Å². The van der Waals surface area contributed by atoms with Gasteiger partial charge in [0.05, 0.1) is 6.10 Å². The number of benzene rings is 1. The van der Waals surface area contributed by atoms with Crippen LogP contribution in [0.1, 0.15) is 29.6 Å². The van der Waals surface area contributed by atoms with E-state index in [-0.39, 0.29) is 12.0 Å². The molecule has 1 aromatic carbocycles. The predicted octanol–water partition coefficient (Wildman–Crippen LogP) is 1.93. The van der Waals surface area contributed by atoms with E-state index in [0.717, 1.165) is 45.6 Å². The van der Waals surface area contributed by atoms with Crippen LogP contribution < -0.4 is 5.73 Å². The van der Waals surface area contributed by atoms with Gasteiger partial charge in [0.2, 0.25) is 0 Å². The van der Waals surface area contributed by atoms with Crippen molar-refractivity contribution < 1.29 is 14.3 Å². The average molecular weight is 292 g/mol. The summed E-state index contributed by atoms with van der Waals surface area (Å²) in [6.07, 6.45) is 2.95. The van der Waals surface area contributed by atoms with Crippen LogP contribution in [0.15, 0.2) is 24.3 Å². The molecule has 0 aliphatic carbocycles. The van der Waals surface area contributed by atoms with E-state index in [1.54, 1.807) is 19.2 Å². The summed E-state index contributed by atoms with van der Waals surface area (Å²) < 4.78 is 10.8. The molecule has 5 nitrogen and oxygen atoms in total. The quantitative estimate of drug-likeness (QED) is 0.643. The number of ether oxygens (including phenoxy) is 2. The molecule has 2 N–H and O–H groups in total. The van der Waals surface area contributed by atoms with Gasteiger partial charge in [-0.25, -0.2) is 0 Å². The number of amides is 1. The fourth-order valence-corrected chi connectivity index (χ4v) is 2.53. The Morgan fingerprint density at radius 2 is 2.10 bits per heavy atom. The number of likely N-dealkylation sites (tertiary alicyclic amines) is 1. The fraction of sp³-hybridized carbons (Fsp3) is 0.562. The molecule has 21 heavy (non-hydrogen) atoms. The molecule has 0 spiro atoms. The number of nitrogens with two attached hydrogens (primary N) is 1. The summed E-state index contributed by atoms with van der Waals surface area (Å²) in [5.41, 5.74) is 7.01. The van der Waals surface area contributed by atoms with Gasteiger partial charge in [0.25, 0.3) is 5.91 Å². The maximum absolute atomic E-state index is 12.4. The van der Waals surface area contributed by atoms with Crippen LogP contribution in [0.3, 0.4) is 0 Å². The summed E-state index contributed by atoms with van der Waals surface area (Å²) in [6, 6.07) is 7.15. The highest BCUT2D eigenvalue weighted by Crippen LogP contribution is 2.17. The first-order chi connectivity index (χ1) is 10.2. The first-order valence-electron chi connectivity index (χ1n) is 7.46. The lowest BCUT2D eigenvalue weighted by Gasteiger charge is -2.32. The third-order valence-corrected chi connectivity index (χ3v) is 3.71. The monoisotopic (exact) mass is 292 g/mol. The zero-order valence-electron chi connectivity index (χ0n) is 12.6. The molecule has 1 fully saturated rings. The third kappa shape index (κ3) is 4.72. The second kappa shape index (κ2) is 8.00. The van der Waals surface area contributed by atoms with E-state index in [1.165, 1.54) is 0 Å². The standard InChI is InChI=1S/C16H24N2O3/c1-20-10-3-11-21-15-6-8-18(9-7-15)16(19)13-4-2-5-14(17)12-13/h2,4-5,12,15H,3,6-11,17H2,1H3.